The van der Waals surface area contributed by atoms with E-state index in [0.29, 0.717) is 5.92 Å². The average molecular weight is 199 g/mol. The van der Waals surface area contributed by atoms with Crippen molar-refractivity contribution in [3.8, 4) is 0 Å². The fraction of sp³-hybridized carbons (Fsp3) is 1.00. The summed E-state index contributed by atoms with van der Waals surface area (Å²) in [6.45, 7) is 6.70. The zero-order chi connectivity index (χ0) is 10.8. The fourth-order valence-electron chi connectivity index (χ4n) is 2.57. The predicted molar refractivity (Wildman–Crippen MR) is 60.0 cm³/mol. The number of aliphatic hydroxyl groups is 1. The average Bonchev–Trinajstić information content (AvgIpc) is 2.18. The molecule has 0 aromatic heterocycles. The molecule has 14 heavy (non-hydrogen) atoms. The third-order valence-electron chi connectivity index (χ3n) is 3.99. The van der Waals surface area contributed by atoms with Crippen LogP contribution in [-0.2, 0) is 0 Å². The van der Waals surface area contributed by atoms with E-state index in [-0.39, 0.29) is 12.1 Å². The van der Waals surface area contributed by atoms with Crippen molar-refractivity contribution < 1.29 is 5.11 Å². The first kappa shape index (κ1) is 12.0. The zero-order valence-corrected chi connectivity index (χ0v) is 9.79. The lowest BCUT2D eigenvalue weighted by molar-refractivity contribution is 0.105. The van der Waals surface area contributed by atoms with Crippen molar-refractivity contribution in [2.24, 2.45) is 23.5 Å². The summed E-state index contributed by atoms with van der Waals surface area (Å²) in [7, 11) is 0. The zero-order valence-electron chi connectivity index (χ0n) is 9.79. The maximum Gasteiger partial charge on any atom is 0.0611 e. The first-order valence-electron chi connectivity index (χ1n) is 5.87. The first-order valence-corrected chi connectivity index (χ1v) is 5.87. The van der Waals surface area contributed by atoms with Gasteiger partial charge in [-0.1, -0.05) is 13.8 Å². The summed E-state index contributed by atoms with van der Waals surface area (Å²) < 4.78 is 0. The molecule has 0 bridgehead atoms. The minimum absolute atomic E-state index is 0.115. The maximum absolute atomic E-state index is 9.20. The van der Waals surface area contributed by atoms with Gasteiger partial charge in [-0.05, 0) is 50.4 Å². The van der Waals surface area contributed by atoms with Crippen LogP contribution in [0.2, 0.25) is 0 Å². The van der Waals surface area contributed by atoms with E-state index >= 15 is 0 Å². The lowest BCUT2D eigenvalue weighted by Crippen LogP contribution is -2.49. The van der Waals surface area contributed by atoms with Gasteiger partial charge in [0.15, 0.2) is 0 Å². The summed E-state index contributed by atoms with van der Waals surface area (Å²) in [5, 5.41) is 9.20. The number of nitrogens with two attached hydrogens (primary N) is 1. The Morgan fingerprint density at radius 1 is 1.29 bits per heavy atom. The number of hydrogen-bond donors (Lipinski definition) is 2. The first-order chi connectivity index (χ1) is 6.47. The van der Waals surface area contributed by atoms with Crippen LogP contribution in [0.4, 0.5) is 0 Å². The molecule has 0 aromatic carbocycles. The van der Waals surface area contributed by atoms with Gasteiger partial charge >= 0.3 is 0 Å². The normalized spacial score (nSPS) is 33.0. The molecule has 0 spiro atoms. The Morgan fingerprint density at radius 3 is 2.14 bits per heavy atom. The summed E-state index contributed by atoms with van der Waals surface area (Å²) in [6, 6.07) is 0. The molecule has 0 aliphatic heterocycles. The molecular formula is C12H25NO. The van der Waals surface area contributed by atoms with Crippen molar-refractivity contribution in [1.29, 1.82) is 0 Å². The number of rotatable bonds is 3. The van der Waals surface area contributed by atoms with E-state index in [9.17, 15) is 5.11 Å². The molecule has 1 saturated carbocycles. The topological polar surface area (TPSA) is 46.2 Å². The van der Waals surface area contributed by atoms with E-state index in [1.807, 2.05) is 6.92 Å². The van der Waals surface area contributed by atoms with Gasteiger partial charge in [-0.3, -0.25) is 0 Å². The molecule has 1 aliphatic carbocycles. The van der Waals surface area contributed by atoms with Crippen LogP contribution in [0.3, 0.4) is 0 Å². The molecule has 0 radical (unpaired) electrons. The van der Waals surface area contributed by atoms with Crippen LogP contribution in [-0.4, -0.2) is 17.3 Å². The molecule has 1 rings (SSSR count). The van der Waals surface area contributed by atoms with Gasteiger partial charge in [0, 0.05) is 5.54 Å². The van der Waals surface area contributed by atoms with Crippen molar-refractivity contribution in [3.63, 3.8) is 0 Å². The highest BCUT2D eigenvalue weighted by molar-refractivity contribution is 4.89. The fourth-order valence-corrected chi connectivity index (χ4v) is 2.57. The van der Waals surface area contributed by atoms with Gasteiger partial charge < -0.3 is 10.8 Å². The van der Waals surface area contributed by atoms with Crippen LogP contribution in [0.15, 0.2) is 0 Å². The largest absolute Gasteiger partial charge is 0.394 e. The van der Waals surface area contributed by atoms with Crippen molar-refractivity contribution in [2.45, 2.75) is 52.0 Å². The molecule has 1 fully saturated rings. The van der Waals surface area contributed by atoms with E-state index in [1.54, 1.807) is 0 Å². The number of hydrogen-bond acceptors (Lipinski definition) is 2. The van der Waals surface area contributed by atoms with Crippen molar-refractivity contribution in [3.05, 3.63) is 0 Å². The molecule has 0 heterocycles. The van der Waals surface area contributed by atoms with Crippen LogP contribution < -0.4 is 5.73 Å². The van der Waals surface area contributed by atoms with E-state index in [0.717, 1.165) is 11.8 Å². The summed E-state index contributed by atoms with van der Waals surface area (Å²) in [4.78, 5) is 0. The quantitative estimate of drug-likeness (QED) is 0.731. The molecule has 0 amide bonds. The minimum atomic E-state index is -0.359. The molecule has 1 aliphatic rings. The van der Waals surface area contributed by atoms with E-state index in [4.69, 9.17) is 5.73 Å². The summed E-state index contributed by atoms with van der Waals surface area (Å²) in [5.74, 6) is 2.19. The monoisotopic (exact) mass is 199 g/mol. The second-order valence-corrected chi connectivity index (χ2v) is 5.52. The minimum Gasteiger partial charge on any atom is -0.394 e. The van der Waals surface area contributed by atoms with Gasteiger partial charge in [-0.15, -0.1) is 0 Å². The van der Waals surface area contributed by atoms with E-state index in [2.05, 4.69) is 13.8 Å². The second kappa shape index (κ2) is 4.63. The van der Waals surface area contributed by atoms with Crippen LogP contribution in [0.1, 0.15) is 46.5 Å². The molecule has 1 atom stereocenters. The molecule has 2 nitrogen and oxygen atoms in total. The molecule has 1 unspecified atom stereocenters. The van der Waals surface area contributed by atoms with Crippen LogP contribution in [0.25, 0.3) is 0 Å². The molecule has 3 N–H and O–H groups in total. The molecule has 84 valence electrons. The second-order valence-electron chi connectivity index (χ2n) is 5.52. The molecule has 2 heteroatoms. The predicted octanol–water partition coefficient (Wildman–Crippen LogP) is 2.16. The molecule has 0 saturated heterocycles. The SMILES string of the molecule is CC(C)C1CCC(C(C)(N)CO)CC1. The Labute approximate surface area is 87.9 Å². The Bertz CT molecular complexity index is 169. The highest BCUT2D eigenvalue weighted by Gasteiger charge is 2.33. The van der Waals surface area contributed by atoms with Gasteiger partial charge in [0.1, 0.15) is 0 Å². The highest BCUT2D eigenvalue weighted by Crippen LogP contribution is 2.37. The Balaban J connectivity index is 2.43. The Morgan fingerprint density at radius 2 is 1.79 bits per heavy atom. The van der Waals surface area contributed by atoms with Crippen LogP contribution >= 0.6 is 0 Å². The Hall–Kier alpha value is -0.0800. The van der Waals surface area contributed by atoms with Crippen molar-refractivity contribution in [1.82, 2.24) is 0 Å². The Kier molecular flexibility index (Phi) is 3.96. The van der Waals surface area contributed by atoms with Crippen molar-refractivity contribution in [2.75, 3.05) is 6.61 Å². The van der Waals surface area contributed by atoms with Gasteiger partial charge in [0.2, 0.25) is 0 Å². The van der Waals surface area contributed by atoms with E-state index in [1.165, 1.54) is 25.7 Å². The van der Waals surface area contributed by atoms with Gasteiger partial charge in [-0.2, -0.15) is 0 Å². The van der Waals surface area contributed by atoms with Gasteiger partial charge in [0.25, 0.3) is 0 Å². The van der Waals surface area contributed by atoms with E-state index < -0.39 is 0 Å². The molecule has 0 aromatic rings. The lowest BCUT2D eigenvalue weighted by Gasteiger charge is -2.39. The third-order valence-corrected chi connectivity index (χ3v) is 3.99. The maximum atomic E-state index is 9.20. The highest BCUT2D eigenvalue weighted by atomic mass is 16.3. The number of aliphatic hydroxyl groups excluding tert-OH is 1. The molecular weight excluding hydrogens is 174 g/mol. The third kappa shape index (κ3) is 2.71. The van der Waals surface area contributed by atoms with Crippen LogP contribution in [0.5, 0.6) is 0 Å². The van der Waals surface area contributed by atoms with Gasteiger partial charge in [0.05, 0.1) is 6.61 Å². The summed E-state index contributed by atoms with van der Waals surface area (Å²) in [5.41, 5.74) is 5.70. The standard InChI is InChI=1S/C12H25NO/c1-9(2)10-4-6-11(7-5-10)12(3,13)8-14/h9-11,14H,4-8,13H2,1-3H3. The van der Waals surface area contributed by atoms with Crippen molar-refractivity contribution >= 4 is 0 Å². The lowest BCUT2D eigenvalue weighted by atomic mass is 9.70. The van der Waals surface area contributed by atoms with Crippen LogP contribution in [0, 0.1) is 17.8 Å². The van der Waals surface area contributed by atoms with Gasteiger partial charge in [-0.25, -0.2) is 0 Å². The summed E-state index contributed by atoms with van der Waals surface area (Å²) >= 11 is 0. The smallest absolute Gasteiger partial charge is 0.0611 e. The summed E-state index contributed by atoms with van der Waals surface area (Å²) in [6.07, 6.45) is 4.96.